The number of likely N-dealkylation sites (N-methyl/N-ethyl adjacent to an activating group) is 1. The van der Waals surface area contributed by atoms with E-state index in [4.69, 9.17) is 11.6 Å². The van der Waals surface area contributed by atoms with Crippen LogP contribution in [0, 0.1) is 11.8 Å². The molecule has 1 fully saturated rings. The van der Waals surface area contributed by atoms with Crippen molar-refractivity contribution in [3.63, 3.8) is 0 Å². The average Bonchev–Trinajstić information content (AvgIpc) is 3.08. The van der Waals surface area contributed by atoms with Crippen LogP contribution in [0.5, 0.6) is 0 Å². The van der Waals surface area contributed by atoms with Crippen LogP contribution in [-0.4, -0.2) is 31.4 Å². The highest BCUT2D eigenvalue weighted by Crippen LogP contribution is 2.37. The van der Waals surface area contributed by atoms with E-state index in [0.29, 0.717) is 12.5 Å². The van der Waals surface area contributed by atoms with Gasteiger partial charge in [0.25, 0.3) is 0 Å². The molecule has 1 aliphatic carbocycles. The van der Waals surface area contributed by atoms with E-state index in [0.717, 1.165) is 17.0 Å². The summed E-state index contributed by atoms with van der Waals surface area (Å²) in [6.07, 6.45) is 1.02. The summed E-state index contributed by atoms with van der Waals surface area (Å²) in [4.78, 5) is 14.0. The highest BCUT2D eigenvalue weighted by molar-refractivity contribution is 6.31. The van der Waals surface area contributed by atoms with Gasteiger partial charge in [0.2, 0.25) is 5.91 Å². The zero-order chi connectivity index (χ0) is 14.0. The van der Waals surface area contributed by atoms with Crippen LogP contribution in [0.25, 0.3) is 0 Å². The summed E-state index contributed by atoms with van der Waals surface area (Å²) >= 11 is 6.24. The molecule has 0 bridgehead atoms. The van der Waals surface area contributed by atoms with Crippen molar-refractivity contribution in [3.05, 3.63) is 34.9 Å². The first-order valence-corrected chi connectivity index (χ1v) is 7.07. The number of nitrogens with zero attached hydrogens (tertiary/aromatic N) is 1. The highest BCUT2D eigenvalue weighted by Gasteiger charge is 2.39. The molecule has 0 aromatic heterocycles. The number of amides is 1. The lowest BCUT2D eigenvalue weighted by Crippen LogP contribution is -2.35. The second-order valence-electron chi connectivity index (χ2n) is 5.57. The summed E-state index contributed by atoms with van der Waals surface area (Å²) in [5, 5.41) is 3.79. The number of nitrogens with one attached hydrogen (secondary N) is 1. The van der Waals surface area contributed by atoms with Gasteiger partial charge in [-0.05, 0) is 38.1 Å². The van der Waals surface area contributed by atoms with E-state index in [2.05, 4.69) is 17.1 Å². The molecule has 1 aromatic rings. The van der Waals surface area contributed by atoms with Crippen molar-refractivity contribution in [3.8, 4) is 0 Å². The van der Waals surface area contributed by atoms with Crippen molar-refractivity contribution in [1.82, 2.24) is 10.2 Å². The Bertz CT molecular complexity index is 461. The Morgan fingerprint density at radius 3 is 2.63 bits per heavy atom. The van der Waals surface area contributed by atoms with Gasteiger partial charge in [0, 0.05) is 17.5 Å². The minimum Gasteiger partial charge on any atom is -0.354 e. The molecule has 1 N–H and O–H groups in total. The summed E-state index contributed by atoms with van der Waals surface area (Å²) in [6, 6.07) is 7.90. The predicted octanol–water partition coefficient (Wildman–Crippen LogP) is 2.71. The third-order valence-corrected chi connectivity index (χ3v) is 4.15. The van der Waals surface area contributed by atoms with Crippen LogP contribution >= 0.6 is 11.6 Å². The normalized spacial score (nSPS) is 23.2. The van der Waals surface area contributed by atoms with Gasteiger partial charge in [0.05, 0.1) is 6.04 Å². The predicted molar refractivity (Wildman–Crippen MR) is 78.2 cm³/mol. The summed E-state index contributed by atoms with van der Waals surface area (Å²) in [5.74, 6) is 0.929. The Morgan fingerprint density at radius 1 is 1.47 bits per heavy atom. The van der Waals surface area contributed by atoms with E-state index < -0.39 is 0 Å². The largest absolute Gasteiger partial charge is 0.354 e. The van der Waals surface area contributed by atoms with Crippen LogP contribution < -0.4 is 5.32 Å². The van der Waals surface area contributed by atoms with Crippen molar-refractivity contribution in [2.24, 2.45) is 11.8 Å². The monoisotopic (exact) mass is 280 g/mol. The summed E-state index contributed by atoms with van der Waals surface area (Å²) in [5.41, 5.74) is 1.05. The molecule has 3 atom stereocenters. The van der Waals surface area contributed by atoms with Gasteiger partial charge < -0.3 is 10.2 Å². The number of benzene rings is 1. The number of carbonyl (C=O) groups excluding carboxylic acids is 1. The molecular weight excluding hydrogens is 260 g/mol. The van der Waals surface area contributed by atoms with Gasteiger partial charge in [-0.15, -0.1) is 0 Å². The van der Waals surface area contributed by atoms with E-state index in [1.165, 1.54) is 0 Å². The van der Waals surface area contributed by atoms with Gasteiger partial charge in [-0.2, -0.15) is 0 Å². The molecule has 104 valence electrons. The van der Waals surface area contributed by atoms with Gasteiger partial charge in [-0.3, -0.25) is 4.79 Å². The number of carbonyl (C=O) groups is 1. The van der Waals surface area contributed by atoms with E-state index in [-0.39, 0.29) is 17.9 Å². The fraction of sp³-hybridized carbons (Fsp3) is 0.533. The Kier molecular flexibility index (Phi) is 4.48. The van der Waals surface area contributed by atoms with E-state index >= 15 is 0 Å². The molecule has 0 spiro atoms. The second-order valence-corrected chi connectivity index (χ2v) is 5.97. The Labute approximate surface area is 119 Å². The van der Waals surface area contributed by atoms with Gasteiger partial charge in [0.1, 0.15) is 0 Å². The molecule has 1 saturated carbocycles. The Balaban J connectivity index is 2.01. The molecule has 3 unspecified atom stereocenters. The lowest BCUT2D eigenvalue weighted by atomic mass is 10.1. The first kappa shape index (κ1) is 14.4. The Hall–Kier alpha value is -1.06. The lowest BCUT2D eigenvalue weighted by Gasteiger charge is -2.26. The van der Waals surface area contributed by atoms with Crippen LogP contribution in [0.15, 0.2) is 24.3 Å². The van der Waals surface area contributed by atoms with Crippen LogP contribution in [-0.2, 0) is 4.79 Å². The molecule has 3 nitrogen and oxygen atoms in total. The zero-order valence-electron chi connectivity index (χ0n) is 11.7. The van der Waals surface area contributed by atoms with Crippen LogP contribution in [0.2, 0.25) is 5.02 Å². The van der Waals surface area contributed by atoms with Crippen LogP contribution in [0.3, 0.4) is 0 Å². The quantitative estimate of drug-likeness (QED) is 0.899. The van der Waals surface area contributed by atoms with E-state index in [1.54, 1.807) is 0 Å². The third-order valence-electron chi connectivity index (χ3n) is 3.80. The third kappa shape index (κ3) is 3.48. The fourth-order valence-electron chi connectivity index (χ4n) is 2.33. The minimum atomic E-state index is 0.103. The Morgan fingerprint density at radius 2 is 2.11 bits per heavy atom. The standard InChI is InChI=1S/C15H21ClN2O/c1-10-8-12(10)15(19)17-9-14(18(2)3)11-6-4-5-7-13(11)16/h4-7,10,12,14H,8-9H2,1-3H3,(H,17,19). The maximum Gasteiger partial charge on any atom is 0.223 e. The number of hydrogen-bond acceptors (Lipinski definition) is 2. The molecule has 1 aromatic carbocycles. The van der Waals surface area contributed by atoms with Crippen molar-refractivity contribution in [1.29, 1.82) is 0 Å². The minimum absolute atomic E-state index is 0.103. The molecule has 0 aliphatic heterocycles. The van der Waals surface area contributed by atoms with E-state index in [1.807, 2.05) is 38.4 Å². The van der Waals surface area contributed by atoms with Crippen molar-refractivity contribution < 1.29 is 4.79 Å². The molecule has 2 rings (SSSR count). The first-order valence-electron chi connectivity index (χ1n) is 6.69. The van der Waals surface area contributed by atoms with E-state index in [9.17, 15) is 4.79 Å². The molecule has 1 aliphatic rings. The first-order chi connectivity index (χ1) is 9.00. The maximum atomic E-state index is 11.9. The lowest BCUT2D eigenvalue weighted by molar-refractivity contribution is -0.122. The van der Waals surface area contributed by atoms with Gasteiger partial charge >= 0.3 is 0 Å². The molecule has 0 saturated heterocycles. The molecule has 19 heavy (non-hydrogen) atoms. The molecule has 0 radical (unpaired) electrons. The number of halogens is 1. The summed E-state index contributed by atoms with van der Waals surface area (Å²) < 4.78 is 0. The van der Waals surface area contributed by atoms with Crippen LogP contribution in [0.1, 0.15) is 24.9 Å². The van der Waals surface area contributed by atoms with Crippen molar-refractivity contribution in [2.45, 2.75) is 19.4 Å². The molecule has 1 amide bonds. The SMILES string of the molecule is CC1CC1C(=O)NCC(c1ccccc1Cl)N(C)C. The smallest absolute Gasteiger partial charge is 0.223 e. The average molecular weight is 281 g/mol. The van der Waals surface area contributed by atoms with Gasteiger partial charge in [0.15, 0.2) is 0 Å². The summed E-state index contributed by atoms with van der Waals surface area (Å²) in [6.45, 7) is 2.71. The molecule has 0 heterocycles. The van der Waals surface area contributed by atoms with Gasteiger partial charge in [-0.1, -0.05) is 36.7 Å². The highest BCUT2D eigenvalue weighted by atomic mass is 35.5. The zero-order valence-corrected chi connectivity index (χ0v) is 12.4. The van der Waals surface area contributed by atoms with Crippen LogP contribution in [0.4, 0.5) is 0 Å². The summed E-state index contributed by atoms with van der Waals surface area (Å²) in [7, 11) is 4.00. The molecular formula is C15H21ClN2O. The topological polar surface area (TPSA) is 32.3 Å². The maximum absolute atomic E-state index is 11.9. The van der Waals surface area contributed by atoms with Crippen molar-refractivity contribution in [2.75, 3.05) is 20.6 Å². The van der Waals surface area contributed by atoms with Gasteiger partial charge in [-0.25, -0.2) is 0 Å². The number of rotatable bonds is 5. The number of hydrogen-bond donors (Lipinski definition) is 1. The molecule has 4 heteroatoms. The second kappa shape index (κ2) is 5.93. The van der Waals surface area contributed by atoms with Crippen molar-refractivity contribution >= 4 is 17.5 Å². The fourth-order valence-corrected chi connectivity index (χ4v) is 2.59.